The molecule has 2 aromatic heterocycles. The van der Waals surface area contributed by atoms with E-state index >= 15 is 0 Å². The van der Waals surface area contributed by atoms with Gasteiger partial charge in [0.15, 0.2) is 0 Å². The highest BCUT2D eigenvalue weighted by molar-refractivity contribution is 7.60. The van der Waals surface area contributed by atoms with Crippen LogP contribution in [-0.4, -0.2) is 36.4 Å². The maximum absolute atomic E-state index is 4.70. The highest BCUT2D eigenvalue weighted by atomic mass is 31.1. The van der Waals surface area contributed by atoms with E-state index in [1.807, 2.05) is 12.4 Å². The third-order valence-electron chi connectivity index (χ3n) is 6.98. The van der Waals surface area contributed by atoms with E-state index in [0.717, 1.165) is 17.5 Å². The third kappa shape index (κ3) is 4.81. The molecule has 0 aromatic carbocycles. The Morgan fingerprint density at radius 3 is 1.81 bits per heavy atom. The van der Waals surface area contributed by atoms with Crippen LogP contribution in [0.4, 0.5) is 0 Å². The molecule has 2 aromatic rings. The van der Waals surface area contributed by atoms with E-state index in [9.17, 15) is 0 Å². The second kappa shape index (κ2) is 9.55. The van der Waals surface area contributed by atoms with Gasteiger partial charge in [0.2, 0.25) is 0 Å². The van der Waals surface area contributed by atoms with E-state index in [4.69, 9.17) is 9.97 Å². The van der Waals surface area contributed by atoms with Gasteiger partial charge >= 0.3 is 0 Å². The maximum atomic E-state index is 4.70. The molecule has 2 atom stereocenters. The zero-order chi connectivity index (χ0) is 22.7. The lowest BCUT2D eigenvalue weighted by molar-refractivity contribution is 0.592. The summed E-state index contributed by atoms with van der Waals surface area (Å²) in [5, 5.41) is 0.0858. The Kier molecular flexibility index (Phi) is 7.44. The molecular formula is C25H36N4P2. The summed E-state index contributed by atoms with van der Waals surface area (Å²) < 4.78 is 0. The summed E-state index contributed by atoms with van der Waals surface area (Å²) in [7, 11) is 2.81. The predicted octanol–water partition coefficient (Wildman–Crippen LogP) is 6.36. The van der Waals surface area contributed by atoms with Crippen LogP contribution in [0, 0.1) is 5.92 Å². The fourth-order valence-electron chi connectivity index (χ4n) is 4.43. The van der Waals surface area contributed by atoms with E-state index in [0.29, 0.717) is 16.2 Å². The first kappa shape index (κ1) is 24.1. The molecule has 166 valence electrons. The first-order valence-corrected chi connectivity index (χ1v) is 13.3. The van der Waals surface area contributed by atoms with Crippen LogP contribution in [0.1, 0.15) is 65.8 Å². The molecule has 3 rings (SSSR count). The van der Waals surface area contributed by atoms with Gasteiger partial charge in [-0.05, 0) is 34.9 Å². The summed E-state index contributed by atoms with van der Waals surface area (Å²) in [4.78, 5) is 18.1. The molecule has 0 bridgehead atoms. The molecule has 0 saturated carbocycles. The Morgan fingerprint density at radius 2 is 1.39 bits per heavy atom. The van der Waals surface area contributed by atoms with E-state index in [1.54, 1.807) is 24.8 Å². The van der Waals surface area contributed by atoms with Crippen molar-refractivity contribution in [3.63, 3.8) is 0 Å². The molecule has 1 aliphatic carbocycles. The second-order valence-electron chi connectivity index (χ2n) is 9.55. The van der Waals surface area contributed by atoms with Gasteiger partial charge in [0.05, 0.1) is 28.9 Å². The van der Waals surface area contributed by atoms with E-state index < -0.39 is 5.16 Å². The second-order valence-corrected chi connectivity index (χ2v) is 14.1. The Bertz CT molecular complexity index is 868. The molecule has 0 spiro atoms. The number of rotatable bonds is 9. The maximum Gasteiger partial charge on any atom is 0.0933 e. The Labute approximate surface area is 191 Å². The number of hydrogen-bond acceptors (Lipinski definition) is 4. The van der Waals surface area contributed by atoms with Crippen molar-refractivity contribution in [2.24, 2.45) is 5.92 Å². The van der Waals surface area contributed by atoms with Crippen LogP contribution in [0.25, 0.3) is 0 Å². The Hall–Kier alpha value is -1.50. The molecule has 2 unspecified atom stereocenters. The smallest absolute Gasteiger partial charge is 0.0933 e. The zero-order valence-electron chi connectivity index (χ0n) is 19.7. The van der Waals surface area contributed by atoms with E-state index in [-0.39, 0.29) is 7.92 Å². The van der Waals surface area contributed by atoms with Gasteiger partial charge in [-0.25, -0.2) is 0 Å². The van der Waals surface area contributed by atoms with Gasteiger partial charge in [-0.3, -0.25) is 19.9 Å². The van der Waals surface area contributed by atoms with Crippen molar-refractivity contribution in [3.05, 3.63) is 72.4 Å². The molecule has 31 heavy (non-hydrogen) atoms. The number of allylic oxidation sites excluding steroid dienone is 4. The van der Waals surface area contributed by atoms with Crippen molar-refractivity contribution in [1.82, 2.24) is 19.9 Å². The normalized spacial score (nSPS) is 17.3. The Balaban J connectivity index is 2.06. The molecule has 2 heterocycles. The van der Waals surface area contributed by atoms with Crippen LogP contribution in [0.2, 0.25) is 0 Å². The van der Waals surface area contributed by atoms with Crippen molar-refractivity contribution in [3.8, 4) is 0 Å². The van der Waals surface area contributed by atoms with Crippen LogP contribution < -0.4 is 0 Å². The molecule has 0 saturated heterocycles. The highest BCUT2D eigenvalue weighted by Crippen LogP contribution is 2.64. The minimum Gasteiger partial charge on any atom is -0.261 e. The van der Waals surface area contributed by atoms with Crippen molar-refractivity contribution in [2.45, 2.75) is 69.9 Å². The molecule has 0 N–H and O–H groups in total. The predicted molar refractivity (Wildman–Crippen MR) is 136 cm³/mol. The summed E-state index contributed by atoms with van der Waals surface area (Å²) in [6.07, 6.45) is 21.0. The highest BCUT2D eigenvalue weighted by Gasteiger charge is 2.44. The number of hydrogen-bond donors (Lipinski definition) is 0. The molecular weight excluding hydrogens is 418 g/mol. The number of nitrogens with zero attached hydrogens (tertiary/aromatic N) is 4. The fourth-order valence-corrected chi connectivity index (χ4v) is 9.14. The van der Waals surface area contributed by atoms with Crippen LogP contribution in [-0.2, 0) is 5.16 Å². The first-order chi connectivity index (χ1) is 14.7. The summed E-state index contributed by atoms with van der Waals surface area (Å²) in [6, 6.07) is 0. The van der Waals surface area contributed by atoms with Crippen LogP contribution in [0.3, 0.4) is 0 Å². The fraction of sp³-hybridized carbons (Fsp3) is 0.520. The van der Waals surface area contributed by atoms with Gasteiger partial charge in [0.1, 0.15) is 0 Å². The molecule has 0 radical (unpaired) electrons. The molecule has 4 nitrogen and oxygen atoms in total. The lowest BCUT2D eigenvalue weighted by Gasteiger charge is -2.47. The molecule has 1 aliphatic rings. The van der Waals surface area contributed by atoms with Gasteiger partial charge in [-0.2, -0.15) is 0 Å². The molecule has 6 heteroatoms. The summed E-state index contributed by atoms with van der Waals surface area (Å²) >= 11 is 0. The largest absolute Gasteiger partial charge is 0.261 e. The minimum absolute atomic E-state index is 0.243. The van der Waals surface area contributed by atoms with Gasteiger partial charge in [0.25, 0.3) is 0 Å². The zero-order valence-corrected chi connectivity index (χ0v) is 21.8. The summed E-state index contributed by atoms with van der Waals surface area (Å²) in [6.45, 7) is 14.5. The molecule has 0 aliphatic heterocycles. The van der Waals surface area contributed by atoms with Crippen LogP contribution in [0.15, 0.2) is 61.0 Å². The monoisotopic (exact) mass is 454 g/mol. The average Bonchev–Trinajstić information content (AvgIpc) is 3.27. The van der Waals surface area contributed by atoms with Crippen molar-refractivity contribution in [2.75, 3.05) is 6.16 Å². The first-order valence-electron chi connectivity index (χ1n) is 11.1. The van der Waals surface area contributed by atoms with Crippen molar-refractivity contribution >= 4 is 17.2 Å². The lowest BCUT2D eigenvalue weighted by Crippen LogP contribution is -2.34. The Morgan fingerprint density at radius 1 is 0.871 bits per heavy atom. The van der Waals surface area contributed by atoms with Gasteiger partial charge in [-0.15, -0.1) is 9.24 Å². The van der Waals surface area contributed by atoms with Crippen molar-refractivity contribution in [1.29, 1.82) is 0 Å². The standard InChI is InChI=1S/C25H36N4P2/c1-7-23(3,4)31(24(5,6)8-2)18-19-10-9-11-20(19)25(30,21-16-26-12-14-28-21)22-17-27-13-15-29-22/h9-17,19H,7-8,18,30H2,1-6H3. The molecule has 0 fully saturated rings. The topological polar surface area (TPSA) is 51.6 Å². The van der Waals surface area contributed by atoms with E-state index in [1.165, 1.54) is 18.4 Å². The van der Waals surface area contributed by atoms with Gasteiger partial charge in [0, 0.05) is 30.7 Å². The SMILES string of the molecule is CCC(C)(C)P(CC1C=CC=C1C(P)(c1cnccn1)c1cnccn1)C(C)(C)CC. The lowest BCUT2D eigenvalue weighted by atomic mass is 9.85. The number of aromatic nitrogens is 4. The quantitative estimate of drug-likeness (QED) is 0.414. The van der Waals surface area contributed by atoms with Crippen molar-refractivity contribution < 1.29 is 0 Å². The minimum atomic E-state index is -0.551. The molecule has 0 amide bonds. The van der Waals surface area contributed by atoms with Gasteiger partial charge in [-0.1, -0.05) is 67.7 Å². The summed E-state index contributed by atoms with van der Waals surface area (Å²) in [5.74, 6) is 0.337. The van der Waals surface area contributed by atoms with Crippen LogP contribution >= 0.6 is 17.2 Å². The van der Waals surface area contributed by atoms with Crippen LogP contribution in [0.5, 0.6) is 0 Å². The third-order valence-corrected chi connectivity index (χ3v) is 12.2. The van der Waals surface area contributed by atoms with E-state index in [2.05, 4.69) is 79.0 Å². The average molecular weight is 455 g/mol. The summed E-state index contributed by atoms with van der Waals surface area (Å²) in [5.41, 5.74) is 3.08. The van der Waals surface area contributed by atoms with Gasteiger partial charge < -0.3 is 0 Å².